The molecule has 0 spiro atoms. The molecule has 0 aromatic heterocycles. The second-order valence-corrected chi connectivity index (χ2v) is 7.13. The molecule has 0 bridgehead atoms. The van der Waals surface area contributed by atoms with Crippen molar-refractivity contribution in [2.24, 2.45) is 5.41 Å². The molecule has 5 heteroatoms. The second-order valence-electron chi connectivity index (χ2n) is 7.13. The molecule has 1 amide bonds. The molecule has 1 rings (SSSR count). The summed E-state index contributed by atoms with van der Waals surface area (Å²) >= 11 is 0. The quantitative estimate of drug-likeness (QED) is 0.731. The normalized spacial score (nSPS) is 18.0. The van der Waals surface area contributed by atoms with Crippen molar-refractivity contribution >= 4 is 5.91 Å². The number of carbonyl (C=O) groups excluding carboxylic acids is 1. The number of hydrogen-bond donors (Lipinski definition) is 1. The van der Waals surface area contributed by atoms with Gasteiger partial charge in [-0.3, -0.25) is 9.69 Å². The number of amides is 1. The Morgan fingerprint density at radius 2 is 1.95 bits per heavy atom. The van der Waals surface area contributed by atoms with E-state index < -0.39 is 0 Å². The lowest BCUT2D eigenvalue weighted by Gasteiger charge is -2.34. The molecule has 1 aliphatic rings. The minimum atomic E-state index is 0.196. The van der Waals surface area contributed by atoms with Gasteiger partial charge in [0.25, 0.3) is 0 Å². The lowest BCUT2D eigenvalue weighted by Crippen LogP contribution is -2.47. The predicted molar refractivity (Wildman–Crippen MR) is 86.4 cm³/mol. The fraction of sp³-hybridized carbons (Fsp3) is 0.938. The van der Waals surface area contributed by atoms with Gasteiger partial charge in [-0.05, 0) is 24.7 Å². The number of rotatable bonds is 8. The zero-order valence-corrected chi connectivity index (χ0v) is 14.4. The van der Waals surface area contributed by atoms with Gasteiger partial charge in [-0.2, -0.15) is 0 Å². The molecule has 124 valence electrons. The number of likely N-dealkylation sites (N-methyl/N-ethyl adjacent to an activating group) is 1. The Kier molecular flexibility index (Phi) is 7.63. The highest BCUT2D eigenvalue weighted by atomic mass is 16.5. The molecule has 0 atom stereocenters. The van der Waals surface area contributed by atoms with Crippen molar-refractivity contribution < 1.29 is 9.53 Å². The molecule has 0 saturated carbocycles. The van der Waals surface area contributed by atoms with Crippen LogP contribution in [0.4, 0.5) is 0 Å². The summed E-state index contributed by atoms with van der Waals surface area (Å²) in [4.78, 5) is 15.6. The first-order chi connectivity index (χ1) is 9.84. The van der Waals surface area contributed by atoms with Crippen LogP contribution >= 0.6 is 0 Å². The highest BCUT2D eigenvalue weighted by Crippen LogP contribution is 2.20. The van der Waals surface area contributed by atoms with Crippen molar-refractivity contribution in [1.29, 1.82) is 0 Å². The summed E-state index contributed by atoms with van der Waals surface area (Å²) in [5.41, 5.74) is 0.272. The predicted octanol–water partition coefficient (Wildman–Crippen LogP) is 1.19. The van der Waals surface area contributed by atoms with Crippen LogP contribution in [0, 0.1) is 5.41 Å². The Balaban J connectivity index is 2.23. The van der Waals surface area contributed by atoms with Crippen LogP contribution in [0.25, 0.3) is 0 Å². The van der Waals surface area contributed by atoms with E-state index in [4.69, 9.17) is 4.74 Å². The molecule has 0 unspecified atom stereocenters. The standard InChI is InChI=1S/C16H33N3O2/c1-16(2,8-11-21-5)13-17-14-6-9-19(10-7-14)12-15(20)18(3)4/h14,17H,6-13H2,1-5H3. The van der Waals surface area contributed by atoms with E-state index in [2.05, 4.69) is 24.1 Å². The molecule has 5 nitrogen and oxygen atoms in total. The van der Waals surface area contributed by atoms with Crippen LogP contribution in [0.1, 0.15) is 33.1 Å². The number of carbonyl (C=O) groups is 1. The summed E-state index contributed by atoms with van der Waals surface area (Å²) in [5, 5.41) is 3.69. The third kappa shape index (κ3) is 7.25. The fourth-order valence-electron chi connectivity index (χ4n) is 2.52. The fourth-order valence-corrected chi connectivity index (χ4v) is 2.52. The highest BCUT2D eigenvalue weighted by molar-refractivity contribution is 5.77. The molecular formula is C16H33N3O2. The number of ether oxygens (including phenoxy) is 1. The van der Waals surface area contributed by atoms with E-state index in [0.29, 0.717) is 12.6 Å². The molecule has 1 heterocycles. The van der Waals surface area contributed by atoms with E-state index in [-0.39, 0.29) is 11.3 Å². The summed E-state index contributed by atoms with van der Waals surface area (Å²) in [5.74, 6) is 0.196. The minimum absolute atomic E-state index is 0.196. The van der Waals surface area contributed by atoms with Crippen LogP contribution in [0.3, 0.4) is 0 Å². The lowest BCUT2D eigenvalue weighted by atomic mass is 9.89. The third-order valence-corrected chi connectivity index (χ3v) is 4.30. The maximum Gasteiger partial charge on any atom is 0.236 e. The molecule has 0 aliphatic carbocycles. The van der Waals surface area contributed by atoms with E-state index >= 15 is 0 Å². The number of hydrogen-bond acceptors (Lipinski definition) is 4. The lowest BCUT2D eigenvalue weighted by molar-refractivity contribution is -0.130. The second kappa shape index (κ2) is 8.71. The first-order valence-electron chi connectivity index (χ1n) is 7.99. The van der Waals surface area contributed by atoms with E-state index in [0.717, 1.165) is 45.5 Å². The molecule has 1 aliphatic heterocycles. The van der Waals surface area contributed by atoms with Crippen LogP contribution in [-0.4, -0.2) is 75.7 Å². The average molecular weight is 299 g/mol. The summed E-state index contributed by atoms with van der Waals surface area (Å²) in [6.07, 6.45) is 3.33. The van der Waals surface area contributed by atoms with E-state index in [1.54, 1.807) is 12.0 Å². The van der Waals surface area contributed by atoms with Crippen LogP contribution in [0.15, 0.2) is 0 Å². The monoisotopic (exact) mass is 299 g/mol. The van der Waals surface area contributed by atoms with Crippen LogP contribution in [0.2, 0.25) is 0 Å². The molecule has 21 heavy (non-hydrogen) atoms. The van der Waals surface area contributed by atoms with Crippen LogP contribution in [0.5, 0.6) is 0 Å². The Morgan fingerprint density at radius 1 is 1.33 bits per heavy atom. The Bertz CT molecular complexity index is 311. The molecule has 1 saturated heterocycles. The van der Waals surface area contributed by atoms with Crippen LogP contribution in [-0.2, 0) is 9.53 Å². The van der Waals surface area contributed by atoms with Gasteiger partial charge in [-0.1, -0.05) is 13.8 Å². The van der Waals surface area contributed by atoms with E-state index in [1.165, 1.54) is 0 Å². The number of nitrogens with zero attached hydrogens (tertiary/aromatic N) is 2. The van der Waals surface area contributed by atoms with Crippen molar-refractivity contribution in [2.45, 2.75) is 39.2 Å². The number of likely N-dealkylation sites (tertiary alicyclic amines) is 1. The first kappa shape index (κ1) is 18.4. The Hall–Kier alpha value is -0.650. The SMILES string of the molecule is COCCC(C)(C)CNC1CCN(CC(=O)N(C)C)CC1. The van der Waals surface area contributed by atoms with Gasteiger partial charge in [0.1, 0.15) is 0 Å². The molecule has 0 radical (unpaired) electrons. The number of nitrogens with one attached hydrogen (secondary N) is 1. The first-order valence-corrected chi connectivity index (χ1v) is 7.99. The van der Waals surface area contributed by atoms with E-state index in [9.17, 15) is 4.79 Å². The molecule has 0 aromatic rings. The summed E-state index contributed by atoms with van der Waals surface area (Å²) in [6.45, 7) is 8.98. The zero-order valence-electron chi connectivity index (χ0n) is 14.4. The zero-order chi connectivity index (χ0) is 15.9. The summed E-state index contributed by atoms with van der Waals surface area (Å²) < 4.78 is 5.17. The number of piperidine rings is 1. The molecule has 1 N–H and O–H groups in total. The smallest absolute Gasteiger partial charge is 0.236 e. The highest BCUT2D eigenvalue weighted by Gasteiger charge is 2.24. The maximum atomic E-state index is 11.7. The average Bonchev–Trinajstić information content (AvgIpc) is 2.44. The minimum Gasteiger partial charge on any atom is -0.385 e. The van der Waals surface area contributed by atoms with Gasteiger partial charge in [-0.25, -0.2) is 0 Å². The third-order valence-electron chi connectivity index (χ3n) is 4.30. The summed E-state index contributed by atoms with van der Waals surface area (Å²) in [7, 11) is 5.39. The van der Waals surface area contributed by atoms with Gasteiger partial charge in [0.05, 0.1) is 6.54 Å². The number of methoxy groups -OCH3 is 1. The van der Waals surface area contributed by atoms with Crippen molar-refractivity contribution in [3.05, 3.63) is 0 Å². The Morgan fingerprint density at radius 3 is 2.48 bits per heavy atom. The van der Waals surface area contributed by atoms with Gasteiger partial charge < -0.3 is 15.0 Å². The van der Waals surface area contributed by atoms with Gasteiger partial charge in [0, 0.05) is 53.5 Å². The van der Waals surface area contributed by atoms with Crippen molar-refractivity contribution in [2.75, 3.05) is 54.0 Å². The van der Waals surface area contributed by atoms with Gasteiger partial charge >= 0.3 is 0 Å². The van der Waals surface area contributed by atoms with Crippen molar-refractivity contribution in [1.82, 2.24) is 15.1 Å². The van der Waals surface area contributed by atoms with Gasteiger partial charge in [0.15, 0.2) is 0 Å². The topological polar surface area (TPSA) is 44.8 Å². The van der Waals surface area contributed by atoms with E-state index in [1.807, 2.05) is 14.1 Å². The van der Waals surface area contributed by atoms with Gasteiger partial charge in [-0.15, -0.1) is 0 Å². The van der Waals surface area contributed by atoms with Crippen molar-refractivity contribution in [3.8, 4) is 0 Å². The van der Waals surface area contributed by atoms with Crippen LogP contribution < -0.4 is 5.32 Å². The molecular weight excluding hydrogens is 266 g/mol. The largest absolute Gasteiger partial charge is 0.385 e. The molecule has 1 fully saturated rings. The van der Waals surface area contributed by atoms with Gasteiger partial charge in [0.2, 0.25) is 5.91 Å². The Labute approximate surface area is 130 Å². The van der Waals surface area contributed by atoms with Crippen molar-refractivity contribution in [3.63, 3.8) is 0 Å². The summed E-state index contributed by atoms with van der Waals surface area (Å²) in [6, 6.07) is 0.581. The molecule has 0 aromatic carbocycles. The maximum absolute atomic E-state index is 11.7.